The van der Waals surface area contributed by atoms with Crippen molar-refractivity contribution < 1.29 is 0 Å². The number of hydrogen-bond donors (Lipinski definition) is 0. The maximum absolute atomic E-state index is 5.46. The molecule has 0 atom stereocenters. The molecular formula is C67H41N7S. The quantitative estimate of drug-likeness (QED) is 0.152. The largest absolute Gasteiger partial charge is 0.309 e. The standard InChI is InChI=1S/C67H41N7S/c1-5-19-42(20-6-1)61-60-55-40-47(35-37-58(55)74(66(60)70-63(68-61)43-21-7-2-8-22-43)67-71-64(44-23-9-3-10-24-44)69-65(72-67)45-25-11-4-12-26-45)46-27-17-28-49(39-46)73-56-33-15-13-29-51(56)54-41-48(36-38-57(54)73)50-31-18-32-53-52-30-14-16-34-59(52)75-62(50)53/h1-41H. The fourth-order valence-electron chi connectivity index (χ4n) is 10.9. The van der Waals surface area contributed by atoms with Gasteiger partial charge in [-0.2, -0.15) is 9.97 Å². The van der Waals surface area contributed by atoms with Gasteiger partial charge in [0.1, 0.15) is 0 Å². The van der Waals surface area contributed by atoms with Crippen LogP contribution in [0.2, 0.25) is 0 Å². The zero-order valence-corrected chi connectivity index (χ0v) is 41.0. The summed E-state index contributed by atoms with van der Waals surface area (Å²) < 4.78 is 7.13. The van der Waals surface area contributed by atoms with Crippen LogP contribution in [-0.4, -0.2) is 34.1 Å². The number of rotatable bonds is 8. The first kappa shape index (κ1) is 42.8. The Morgan fingerprint density at radius 2 is 0.827 bits per heavy atom. The first-order chi connectivity index (χ1) is 37.2. The lowest BCUT2D eigenvalue weighted by Crippen LogP contribution is -2.07. The molecule has 0 aliphatic heterocycles. The van der Waals surface area contributed by atoms with Gasteiger partial charge in [0, 0.05) is 64.3 Å². The highest BCUT2D eigenvalue weighted by molar-refractivity contribution is 7.26. The summed E-state index contributed by atoms with van der Waals surface area (Å²) in [7, 11) is 0. The summed E-state index contributed by atoms with van der Waals surface area (Å²) in [6.45, 7) is 0. The molecule has 0 N–H and O–H groups in total. The Balaban J connectivity index is 0.939. The van der Waals surface area contributed by atoms with Gasteiger partial charge in [0.25, 0.3) is 0 Å². The highest BCUT2D eigenvalue weighted by atomic mass is 32.1. The predicted molar refractivity (Wildman–Crippen MR) is 310 cm³/mol. The average Bonchev–Trinajstić information content (AvgIpc) is 4.21. The minimum absolute atomic E-state index is 0.462. The maximum Gasteiger partial charge on any atom is 0.240 e. The molecule has 5 aromatic heterocycles. The summed E-state index contributed by atoms with van der Waals surface area (Å²) in [5.41, 5.74) is 14.1. The third-order valence-corrected chi connectivity index (χ3v) is 15.6. The van der Waals surface area contributed by atoms with Gasteiger partial charge in [0.2, 0.25) is 5.95 Å². The van der Waals surface area contributed by atoms with Crippen LogP contribution >= 0.6 is 11.3 Å². The third kappa shape index (κ3) is 7.14. The van der Waals surface area contributed by atoms with Gasteiger partial charge in [-0.15, -0.1) is 11.3 Å². The van der Waals surface area contributed by atoms with E-state index >= 15 is 0 Å². The lowest BCUT2D eigenvalue weighted by Gasteiger charge is -2.12. The number of thiophene rings is 1. The second kappa shape index (κ2) is 17.4. The summed E-state index contributed by atoms with van der Waals surface area (Å²) in [5.74, 6) is 2.20. The van der Waals surface area contributed by atoms with Gasteiger partial charge in [-0.3, -0.25) is 4.57 Å². The molecule has 15 aromatic rings. The van der Waals surface area contributed by atoms with E-state index in [4.69, 9.17) is 24.9 Å². The molecule has 350 valence electrons. The van der Waals surface area contributed by atoms with Gasteiger partial charge in [-0.25, -0.2) is 15.0 Å². The van der Waals surface area contributed by atoms with Crippen LogP contribution in [0.3, 0.4) is 0 Å². The zero-order chi connectivity index (χ0) is 49.4. The molecule has 0 unspecified atom stereocenters. The summed E-state index contributed by atoms with van der Waals surface area (Å²) in [6.07, 6.45) is 0. The Morgan fingerprint density at radius 3 is 1.53 bits per heavy atom. The van der Waals surface area contributed by atoms with Crippen LogP contribution in [0.5, 0.6) is 0 Å². The van der Waals surface area contributed by atoms with Crippen LogP contribution in [0.4, 0.5) is 0 Å². The monoisotopic (exact) mass is 975 g/mol. The zero-order valence-electron chi connectivity index (χ0n) is 40.2. The van der Waals surface area contributed by atoms with Crippen molar-refractivity contribution in [1.82, 2.24) is 34.1 Å². The SMILES string of the molecule is c1ccc(-c2nc(-c3ccccc3)nc(-n3c4ccc(-c5cccc(-n6c7ccccc7c7cc(-c8cccc9c8sc8ccccc89)ccc76)c5)cc4c4c(-c5ccccc5)nc(-c5ccccc5)nc43)n2)cc1. The number of aromatic nitrogens is 7. The normalized spacial score (nSPS) is 11.7. The second-order valence-corrected chi connectivity index (χ2v) is 19.9. The van der Waals surface area contributed by atoms with E-state index in [-0.39, 0.29) is 0 Å². The van der Waals surface area contributed by atoms with Gasteiger partial charge >= 0.3 is 0 Å². The van der Waals surface area contributed by atoms with Gasteiger partial charge < -0.3 is 4.57 Å². The molecule has 8 heteroatoms. The lowest BCUT2D eigenvalue weighted by molar-refractivity contribution is 0.942. The molecule has 0 saturated heterocycles. The van der Waals surface area contributed by atoms with Crippen LogP contribution in [-0.2, 0) is 0 Å². The van der Waals surface area contributed by atoms with Crippen molar-refractivity contribution in [3.8, 4) is 79.3 Å². The first-order valence-electron chi connectivity index (χ1n) is 25.1. The fourth-order valence-corrected chi connectivity index (χ4v) is 12.2. The van der Waals surface area contributed by atoms with E-state index < -0.39 is 0 Å². The van der Waals surface area contributed by atoms with Crippen molar-refractivity contribution in [3.05, 3.63) is 249 Å². The molecule has 15 rings (SSSR count). The minimum atomic E-state index is 0.462. The average molecular weight is 976 g/mol. The summed E-state index contributed by atoms with van der Waals surface area (Å²) in [4.78, 5) is 26.5. The van der Waals surface area contributed by atoms with E-state index in [1.54, 1.807) is 0 Å². The molecule has 0 amide bonds. The van der Waals surface area contributed by atoms with Crippen LogP contribution < -0.4 is 0 Å². The van der Waals surface area contributed by atoms with Crippen LogP contribution in [0, 0.1) is 0 Å². The number of hydrogen-bond acceptors (Lipinski definition) is 6. The molecule has 10 aromatic carbocycles. The second-order valence-electron chi connectivity index (χ2n) is 18.8. The molecule has 5 heterocycles. The Labute approximate surface area is 435 Å². The Bertz CT molecular complexity index is 4640. The lowest BCUT2D eigenvalue weighted by atomic mass is 10.0. The van der Waals surface area contributed by atoms with E-state index in [1.165, 1.54) is 42.1 Å². The molecule has 0 aliphatic carbocycles. The highest BCUT2D eigenvalue weighted by Crippen LogP contribution is 2.44. The Kier molecular flexibility index (Phi) is 9.93. The number of nitrogens with zero attached hydrogens (tertiary/aromatic N) is 7. The molecule has 0 bridgehead atoms. The van der Waals surface area contributed by atoms with Crippen molar-refractivity contribution in [1.29, 1.82) is 0 Å². The fraction of sp³-hybridized carbons (Fsp3) is 0. The van der Waals surface area contributed by atoms with Gasteiger partial charge in [0.05, 0.1) is 27.6 Å². The molecule has 0 saturated carbocycles. The van der Waals surface area contributed by atoms with Crippen molar-refractivity contribution in [2.24, 2.45) is 0 Å². The van der Waals surface area contributed by atoms with Crippen molar-refractivity contribution in [2.45, 2.75) is 0 Å². The van der Waals surface area contributed by atoms with Crippen molar-refractivity contribution in [2.75, 3.05) is 0 Å². The first-order valence-corrected chi connectivity index (χ1v) is 25.9. The van der Waals surface area contributed by atoms with Gasteiger partial charge in [-0.05, 0) is 70.8 Å². The van der Waals surface area contributed by atoms with Gasteiger partial charge in [-0.1, -0.05) is 200 Å². The number of benzene rings is 10. The summed E-state index contributed by atoms with van der Waals surface area (Å²) in [6, 6.07) is 87.5. The van der Waals surface area contributed by atoms with E-state index in [0.717, 1.165) is 72.1 Å². The van der Waals surface area contributed by atoms with E-state index in [1.807, 2.05) is 96.3 Å². The number of para-hydroxylation sites is 1. The Hall–Kier alpha value is -9.89. The van der Waals surface area contributed by atoms with E-state index in [2.05, 4.69) is 173 Å². The van der Waals surface area contributed by atoms with Crippen molar-refractivity contribution >= 4 is 75.3 Å². The van der Waals surface area contributed by atoms with E-state index in [0.29, 0.717) is 29.1 Å². The minimum Gasteiger partial charge on any atom is -0.309 e. The molecule has 0 fully saturated rings. The van der Waals surface area contributed by atoms with Crippen LogP contribution in [0.25, 0.3) is 143 Å². The third-order valence-electron chi connectivity index (χ3n) is 14.4. The molecule has 75 heavy (non-hydrogen) atoms. The van der Waals surface area contributed by atoms with Crippen LogP contribution in [0.15, 0.2) is 249 Å². The molecule has 0 aliphatic rings. The molecular weight excluding hydrogens is 935 g/mol. The van der Waals surface area contributed by atoms with Crippen molar-refractivity contribution in [3.63, 3.8) is 0 Å². The topological polar surface area (TPSA) is 74.3 Å². The smallest absolute Gasteiger partial charge is 0.240 e. The molecule has 7 nitrogen and oxygen atoms in total. The summed E-state index contributed by atoms with van der Waals surface area (Å²) >= 11 is 1.87. The maximum atomic E-state index is 5.46. The van der Waals surface area contributed by atoms with E-state index in [9.17, 15) is 0 Å². The summed E-state index contributed by atoms with van der Waals surface area (Å²) in [5, 5.41) is 6.92. The highest BCUT2D eigenvalue weighted by Gasteiger charge is 2.25. The Morgan fingerprint density at radius 1 is 0.307 bits per heavy atom. The van der Waals surface area contributed by atoms with Gasteiger partial charge in [0.15, 0.2) is 23.1 Å². The number of fused-ring (bicyclic) bond motifs is 9. The predicted octanol–water partition coefficient (Wildman–Crippen LogP) is 17.2. The molecule has 0 radical (unpaired) electrons. The molecule has 0 spiro atoms. The van der Waals surface area contributed by atoms with Crippen LogP contribution in [0.1, 0.15) is 0 Å².